The molecule has 2 N–H and O–H groups in total. The van der Waals surface area contributed by atoms with Gasteiger partial charge in [0.2, 0.25) is 5.91 Å². The third kappa shape index (κ3) is 4.49. The summed E-state index contributed by atoms with van der Waals surface area (Å²) in [5.74, 6) is 0.193. The molecule has 0 atom stereocenters. The molecule has 2 aliphatic rings. The molecule has 0 aliphatic carbocycles. The number of rotatable bonds is 3. The summed E-state index contributed by atoms with van der Waals surface area (Å²) in [5, 5.41) is 6.16. The second-order valence-electron chi connectivity index (χ2n) is 4.26. The van der Waals surface area contributed by atoms with Gasteiger partial charge in [-0.1, -0.05) is 20.3 Å². The molecule has 0 spiro atoms. The van der Waals surface area contributed by atoms with Gasteiger partial charge in [-0.15, -0.1) is 0 Å². The molecular weight excluding hydrogens is 202 g/mol. The molecule has 0 unspecified atom stereocenters. The number of carbonyl (C=O) groups is 1. The van der Waals surface area contributed by atoms with E-state index in [0.717, 1.165) is 26.2 Å². The lowest BCUT2D eigenvalue weighted by Gasteiger charge is -2.30. The van der Waals surface area contributed by atoms with Crippen LogP contribution in [0.25, 0.3) is 0 Å². The van der Waals surface area contributed by atoms with Crippen LogP contribution in [-0.4, -0.2) is 49.6 Å². The van der Waals surface area contributed by atoms with Crippen molar-refractivity contribution < 1.29 is 6.22 Å². The van der Waals surface area contributed by atoms with Crippen molar-refractivity contribution in [3.8, 4) is 0 Å². The summed E-state index contributed by atoms with van der Waals surface area (Å²) in [7, 11) is 0. The van der Waals surface area contributed by atoms with E-state index in [4.69, 9.17) is 0 Å². The maximum absolute atomic E-state index is 11.5. The lowest BCUT2D eigenvalue weighted by Crippen LogP contribution is -2.58. The predicted octanol–water partition coefficient (Wildman–Crippen LogP) is 0.833. The monoisotopic (exact) mass is 229 g/mol. The topological polar surface area (TPSA) is 44.4 Å². The summed E-state index contributed by atoms with van der Waals surface area (Å²) in [4.78, 5) is 13.8. The minimum atomic E-state index is 0. The smallest absolute Gasteiger partial charge is 0.234 e. The zero-order valence-corrected chi connectivity index (χ0v) is 10.6. The zero-order chi connectivity index (χ0) is 11.8. The Kier molecular flexibility index (Phi) is 6.42. The highest BCUT2D eigenvalue weighted by molar-refractivity contribution is 5.78. The molecule has 0 radical (unpaired) electrons. The first-order chi connectivity index (χ1) is 7.84. The van der Waals surface area contributed by atoms with Crippen molar-refractivity contribution in [2.45, 2.75) is 39.2 Å². The average molecular weight is 229 g/mol. The molecule has 2 saturated heterocycles. The van der Waals surface area contributed by atoms with Crippen molar-refractivity contribution in [2.75, 3.05) is 32.7 Å². The van der Waals surface area contributed by atoms with Gasteiger partial charge in [-0.2, -0.15) is 0 Å². The summed E-state index contributed by atoms with van der Waals surface area (Å²) >= 11 is 0. The van der Waals surface area contributed by atoms with Gasteiger partial charge >= 0.3 is 0 Å². The fraction of sp³-hybridized carbons (Fsp3) is 0.917. The molecule has 0 saturated carbocycles. The van der Waals surface area contributed by atoms with Crippen LogP contribution in [0.2, 0.25) is 0 Å². The third-order valence-corrected chi connectivity index (χ3v) is 2.96. The number of nitrogens with one attached hydrogen (secondary N) is 2. The van der Waals surface area contributed by atoms with Crippen LogP contribution in [0, 0.1) is 0 Å². The van der Waals surface area contributed by atoms with E-state index < -0.39 is 0 Å². The number of carbonyl (C=O) groups excluding carboxylic acids is 1. The van der Waals surface area contributed by atoms with E-state index in [0.29, 0.717) is 12.6 Å². The number of likely N-dealkylation sites (tertiary alicyclic amines) is 1. The Morgan fingerprint density at radius 1 is 1.31 bits per heavy atom. The van der Waals surface area contributed by atoms with E-state index in [1.54, 1.807) is 0 Å². The summed E-state index contributed by atoms with van der Waals surface area (Å²) in [5.41, 5.74) is 0. The maximum atomic E-state index is 11.5. The Bertz CT molecular complexity index is 204. The van der Waals surface area contributed by atoms with Crippen molar-refractivity contribution in [2.24, 2.45) is 0 Å². The van der Waals surface area contributed by atoms with Gasteiger partial charge in [0.15, 0.2) is 0 Å². The van der Waals surface area contributed by atoms with Crippen LogP contribution >= 0.6 is 0 Å². The fourth-order valence-corrected chi connectivity index (χ4v) is 1.98. The van der Waals surface area contributed by atoms with E-state index in [1.165, 1.54) is 19.3 Å². The van der Waals surface area contributed by atoms with E-state index in [1.807, 2.05) is 13.8 Å². The summed E-state index contributed by atoms with van der Waals surface area (Å²) in [6.07, 6.45) is 3.82. The molecule has 96 valence electrons. The van der Waals surface area contributed by atoms with Gasteiger partial charge in [-0.3, -0.25) is 9.69 Å². The summed E-state index contributed by atoms with van der Waals surface area (Å²) < 4.78 is 0. The lowest BCUT2D eigenvalue weighted by atomic mass is 10.1. The molecule has 0 bridgehead atoms. The van der Waals surface area contributed by atoms with Gasteiger partial charge in [0.25, 0.3) is 0 Å². The second-order valence-corrected chi connectivity index (χ2v) is 4.26. The highest BCUT2D eigenvalue weighted by Crippen LogP contribution is 2.07. The van der Waals surface area contributed by atoms with Crippen LogP contribution in [-0.2, 0) is 4.79 Å². The van der Waals surface area contributed by atoms with Crippen molar-refractivity contribution in [3.63, 3.8) is 0 Å². The number of piperidine rings is 1. The van der Waals surface area contributed by atoms with Crippen LogP contribution < -0.4 is 10.6 Å². The molecule has 2 aliphatic heterocycles. The molecule has 4 nitrogen and oxygen atoms in total. The lowest BCUT2D eigenvalue weighted by molar-refractivity contribution is -0.123. The Hall–Kier alpha value is -0.610. The standard InChI is InChI=1S/C10H19N3O.C2H6.H2/c14-10(12-9-6-11-7-9)8-13-4-2-1-3-5-13;1-2;/h9,11H,1-8H2,(H,12,14);1-2H3;1H. The first kappa shape index (κ1) is 13.5. The predicted molar refractivity (Wildman–Crippen MR) is 68.6 cm³/mol. The van der Waals surface area contributed by atoms with Crippen molar-refractivity contribution in [1.29, 1.82) is 0 Å². The van der Waals surface area contributed by atoms with Gasteiger partial charge in [0.1, 0.15) is 0 Å². The number of nitrogens with zero attached hydrogens (tertiary/aromatic N) is 1. The van der Waals surface area contributed by atoms with Crippen LogP contribution in [0.1, 0.15) is 34.5 Å². The Balaban J connectivity index is 0.000000811. The average Bonchev–Trinajstić information content (AvgIpc) is 2.28. The normalized spacial score (nSPS) is 21.6. The van der Waals surface area contributed by atoms with E-state index >= 15 is 0 Å². The molecule has 2 heterocycles. The van der Waals surface area contributed by atoms with E-state index in [-0.39, 0.29) is 7.33 Å². The Morgan fingerprint density at radius 3 is 2.44 bits per heavy atom. The van der Waals surface area contributed by atoms with Crippen LogP contribution in [0.15, 0.2) is 0 Å². The molecule has 1 amide bonds. The van der Waals surface area contributed by atoms with Crippen LogP contribution in [0.4, 0.5) is 0 Å². The first-order valence-corrected chi connectivity index (χ1v) is 6.57. The van der Waals surface area contributed by atoms with Gasteiger partial charge < -0.3 is 10.6 Å². The Labute approximate surface area is 100 Å². The fourth-order valence-electron chi connectivity index (χ4n) is 1.98. The molecule has 16 heavy (non-hydrogen) atoms. The first-order valence-electron chi connectivity index (χ1n) is 6.57. The second kappa shape index (κ2) is 7.63. The van der Waals surface area contributed by atoms with Crippen molar-refractivity contribution in [3.05, 3.63) is 0 Å². The molecule has 0 aromatic rings. The number of hydrogen-bond donors (Lipinski definition) is 2. The van der Waals surface area contributed by atoms with Gasteiger partial charge in [-0.05, 0) is 25.9 Å². The molecular formula is C12H27N3O. The quantitative estimate of drug-likeness (QED) is 0.753. The molecule has 0 aromatic heterocycles. The molecule has 4 heteroatoms. The van der Waals surface area contributed by atoms with E-state index in [9.17, 15) is 4.79 Å². The summed E-state index contributed by atoms with van der Waals surface area (Å²) in [6, 6.07) is 0.382. The van der Waals surface area contributed by atoms with Gasteiger partial charge in [-0.25, -0.2) is 0 Å². The molecule has 0 aromatic carbocycles. The molecule has 2 rings (SSSR count). The minimum Gasteiger partial charge on any atom is -0.350 e. The number of amides is 1. The zero-order valence-electron chi connectivity index (χ0n) is 10.6. The van der Waals surface area contributed by atoms with Crippen molar-refractivity contribution in [1.82, 2.24) is 15.5 Å². The largest absolute Gasteiger partial charge is 0.350 e. The van der Waals surface area contributed by atoms with Crippen LogP contribution in [0.5, 0.6) is 0 Å². The van der Waals surface area contributed by atoms with Crippen molar-refractivity contribution >= 4 is 5.91 Å². The van der Waals surface area contributed by atoms with Gasteiger partial charge in [0.05, 0.1) is 12.6 Å². The number of hydrogen-bond acceptors (Lipinski definition) is 3. The van der Waals surface area contributed by atoms with Gasteiger partial charge in [0, 0.05) is 14.5 Å². The third-order valence-electron chi connectivity index (χ3n) is 2.96. The highest BCUT2D eigenvalue weighted by atomic mass is 16.2. The van der Waals surface area contributed by atoms with E-state index in [2.05, 4.69) is 15.5 Å². The highest BCUT2D eigenvalue weighted by Gasteiger charge is 2.20. The maximum Gasteiger partial charge on any atom is 0.234 e. The Morgan fingerprint density at radius 2 is 1.94 bits per heavy atom. The molecule has 2 fully saturated rings. The van der Waals surface area contributed by atoms with Crippen LogP contribution in [0.3, 0.4) is 0 Å². The SMILES string of the molecule is CC.O=C(CN1CCCCC1)NC1CNC1.[HH]. The minimum absolute atomic E-state index is 0. The summed E-state index contributed by atoms with van der Waals surface area (Å²) in [6.45, 7) is 8.65.